The van der Waals surface area contributed by atoms with Crippen molar-refractivity contribution >= 4 is 95.3 Å². The van der Waals surface area contributed by atoms with E-state index in [9.17, 15) is 33.9 Å². The van der Waals surface area contributed by atoms with Crippen LogP contribution in [0.4, 0.5) is 22.7 Å². The monoisotopic (exact) mass is 1090 g/mol. The highest BCUT2D eigenvalue weighted by Crippen LogP contribution is 2.52. The van der Waals surface area contributed by atoms with Crippen molar-refractivity contribution in [3.05, 3.63) is 165 Å². The number of benzene rings is 6. The molecule has 0 aliphatic carbocycles. The maximum absolute atomic E-state index is 14.1. The molecule has 2 amide bonds. The molecular formula is C62H57N5O10Si2. The number of anilines is 4. The van der Waals surface area contributed by atoms with Gasteiger partial charge in [0.1, 0.15) is 16.1 Å². The number of hydrogen-bond acceptors (Lipinski definition) is 13. The molecule has 1 N–H and O–H groups in total. The summed E-state index contributed by atoms with van der Waals surface area (Å²) in [4.78, 5) is 94.0. The zero-order valence-corrected chi connectivity index (χ0v) is 46.4. The number of carboxylic acids is 1. The molecular weight excluding hydrogens is 1030 g/mol. The Kier molecular flexibility index (Phi) is 10.1. The normalized spacial score (nSPS) is 23.6. The topological polar surface area (TPSA) is 167 Å². The third-order valence-electron chi connectivity index (χ3n) is 19.3. The van der Waals surface area contributed by atoms with Crippen LogP contribution >= 0.6 is 0 Å². The minimum absolute atomic E-state index is 0.0262. The molecule has 15 nitrogen and oxygen atoms in total. The standard InChI is InChI=1S/C62H57N5O10Si2/c1-78(2)51-27-39(63-21-5-22-63)9-15-45(51)61(49-25-35(57(70)71)7-13-43(49)59(73)75-61)47-17-11-41(29-53(47)78)65-31-37(32-65)38-33-66(34-38)42-12-18-48-54(30-42)79(3,4)52-28-40(64-23-6-24-64)10-16-46(52)62(48)50-26-36(8-14-44(50)60(74)76-62)58(72)77-67-55(68)19-20-56(67)69/h7-18,25-30,37-38H,5-6,19-24,31-34H2,1-4H3,(H,70,71). The molecule has 398 valence electrons. The zero-order valence-electron chi connectivity index (χ0n) is 44.4. The van der Waals surface area contributed by atoms with Gasteiger partial charge in [-0.25, -0.2) is 19.2 Å². The van der Waals surface area contributed by atoms with Crippen LogP contribution in [0.2, 0.25) is 26.2 Å². The lowest BCUT2D eigenvalue weighted by Crippen LogP contribution is -2.64. The van der Waals surface area contributed by atoms with Crippen LogP contribution < -0.4 is 40.3 Å². The van der Waals surface area contributed by atoms with Gasteiger partial charge in [-0.05, 0) is 119 Å². The van der Waals surface area contributed by atoms with Gasteiger partial charge in [-0.2, -0.15) is 0 Å². The Balaban J connectivity index is 0.721. The summed E-state index contributed by atoms with van der Waals surface area (Å²) in [7, 11) is -4.96. The van der Waals surface area contributed by atoms with Crippen LogP contribution in [0, 0.1) is 11.8 Å². The van der Waals surface area contributed by atoms with Gasteiger partial charge in [-0.3, -0.25) is 9.59 Å². The highest BCUT2D eigenvalue weighted by molar-refractivity contribution is 7.02. The summed E-state index contributed by atoms with van der Waals surface area (Å²) in [6, 6.07) is 35.7. The lowest BCUT2D eigenvalue weighted by Gasteiger charge is -2.53. The van der Waals surface area contributed by atoms with Gasteiger partial charge in [0.15, 0.2) is 11.2 Å². The Hall–Kier alpha value is -8.03. The van der Waals surface area contributed by atoms with Crippen LogP contribution in [-0.4, -0.2) is 114 Å². The van der Waals surface area contributed by atoms with Gasteiger partial charge < -0.3 is 39.0 Å². The molecule has 0 radical (unpaired) electrons. The molecule has 6 aromatic carbocycles. The minimum atomic E-state index is -2.52. The smallest absolute Gasteiger partial charge is 0.363 e. The zero-order chi connectivity index (χ0) is 54.2. The number of nitrogens with zero attached hydrogens (tertiary/aromatic N) is 5. The van der Waals surface area contributed by atoms with Crippen LogP contribution in [0.15, 0.2) is 109 Å². The van der Waals surface area contributed by atoms with Crippen LogP contribution in [0.5, 0.6) is 0 Å². The number of amides is 2. The van der Waals surface area contributed by atoms with Gasteiger partial charge in [0.05, 0.1) is 22.3 Å². The number of esters is 2. The Morgan fingerprint density at radius 1 is 0.494 bits per heavy atom. The summed E-state index contributed by atoms with van der Waals surface area (Å²) in [5, 5.41) is 15.4. The number of carbonyl (C=O) groups excluding carboxylic acids is 5. The number of hydrogen-bond donors (Lipinski definition) is 1. The van der Waals surface area contributed by atoms with Gasteiger partial charge in [0.2, 0.25) is 0 Å². The van der Waals surface area contributed by atoms with Gasteiger partial charge in [-0.15, -0.1) is 5.06 Å². The molecule has 9 aliphatic rings. The molecule has 2 unspecified atom stereocenters. The lowest BCUT2D eigenvalue weighted by molar-refractivity contribution is -0.172. The molecule has 2 spiro atoms. The summed E-state index contributed by atoms with van der Waals surface area (Å²) >= 11 is 0. The van der Waals surface area contributed by atoms with Gasteiger partial charge in [0.25, 0.3) is 11.8 Å². The van der Waals surface area contributed by atoms with Crippen LogP contribution in [0.3, 0.4) is 0 Å². The maximum atomic E-state index is 14.1. The van der Waals surface area contributed by atoms with Crippen LogP contribution in [0.1, 0.15) is 100 Å². The summed E-state index contributed by atoms with van der Waals surface area (Å²) in [6.07, 6.45) is 2.22. The summed E-state index contributed by atoms with van der Waals surface area (Å²) in [5.74, 6) is -3.06. The molecule has 9 aliphatic heterocycles. The number of carboxylic acid groups (broad SMARTS) is 1. The maximum Gasteiger partial charge on any atom is 0.363 e. The fourth-order valence-corrected chi connectivity index (χ4v) is 20.7. The summed E-state index contributed by atoms with van der Waals surface area (Å²) in [6.45, 7) is 17.0. The highest BCUT2D eigenvalue weighted by Gasteiger charge is 2.59. The number of rotatable bonds is 8. The molecule has 5 fully saturated rings. The van der Waals surface area contributed by atoms with E-state index in [1.165, 1.54) is 22.5 Å². The van der Waals surface area contributed by atoms with E-state index < -0.39 is 63.0 Å². The van der Waals surface area contributed by atoms with Crippen molar-refractivity contribution in [3.63, 3.8) is 0 Å². The molecule has 6 aromatic rings. The first kappa shape index (κ1) is 48.1. The Morgan fingerprint density at radius 3 is 1.23 bits per heavy atom. The highest BCUT2D eigenvalue weighted by atomic mass is 28.3. The van der Waals surface area contributed by atoms with E-state index in [4.69, 9.17) is 14.3 Å². The quantitative estimate of drug-likeness (QED) is 0.111. The van der Waals surface area contributed by atoms with Crippen molar-refractivity contribution in [1.29, 1.82) is 0 Å². The number of ether oxygens (including phenoxy) is 2. The molecule has 0 saturated carbocycles. The van der Waals surface area contributed by atoms with E-state index >= 15 is 0 Å². The molecule has 17 heteroatoms. The first-order chi connectivity index (χ1) is 37.9. The van der Waals surface area contributed by atoms with Gasteiger partial charge in [0, 0.05) is 133 Å². The van der Waals surface area contributed by atoms with E-state index in [0.29, 0.717) is 39.2 Å². The number of carbonyl (C=O) groups is 6. The van der Waals surface area contributed by atoms with Crippen molar-refractivity contribution in [1.82, 2.24) is 5.06 Å². The van der Waals surface area contributed by atoms with E-state index in [0.717, 1.165) is 121 Å². The van der Waals surface area contributed by atoms with E-state index in [1.807, 2.05) is 0 Å². The average molecular weight is 1090 g/mol. The number of imide groups is 1. The molecule has 9 heterocycles. The van der Waals surface area contributed by atoms with Crippen molar-refractivity contribution in [3.8, 4) is 0 Å². The molecule has 0 aromatic heterocycles. The van der Waals surface area contributed by atoms with Crippen LogP contribution in [0.25, 0.3) is 0 Å². The van der Waals surface area contributed by atoms with Crippen molar-refractivity contribution in [2.45, 2.75) is 63.1 Å². The predicted molar refractivity (Wildman–Crippen MR) is 301 cm³/mol. The number of aromatic carboxylic acids is 1. The second kappa shape index (κ2) is 16.5. The second-order valence-electron chi connectivity index (χ2n) is 24.1. The third-order valence-corrected chi connectivity index (χ3v) is 26.3. The molecule has 15 rings (SSSR count). The Labute approximate surface area is 458 Å². The molecule has 2 atom stereocenters. The van der Waals surface area contributed by atoms with E-state index in [1.54, 1.807) is 24.3 Å². The summed E-state index contributed by atoms with van der Waals surface area (Å²) in [5.41, 5.74) is 7.54. The Morgan fingerprint density at radius 2 is 0.861 bits per heavy atom. The van der Waals surface area contributed by atoms with Gasteiger partial charge >= 0.3 is 23.9 Å². The first-order valence-corrected chi connectivity index (χ1v) is 33.6. The van der Waals surface area contributed by atoms with Crippen molar-refractivity contribution in [2.24, 2.45) is 11.8 Å². The van der Waals surface area contributed by atoms with E-state index in [-0.39, 0.29) is 24.0 Å². The van der Waals surface area contributed by atoms with E-state index in [2.05, 4.69) is 119 Å². The largest absolute Gasteiger partial charge is 0.478 e. The SMILES string of the molecule is C[Si]1(C)c2cc(N3CCC3)ccc2C2(OC(=O)c3ccc(C(=O)O)cc32)c2ccc(N3CC(C4CN(c5ccc6c(c5)[Si](C)(C)c5cc(N7CCC7)ccc5C65OC(=O)c6ccc(C(=O)ON7C(=O)CCC7=O)cc65)C4)C3)cc21. The molecule has 0 bridgehead atoms. The van der Waals surface area contributed by atoms with Crippen molar-refractivity contribution in [2.75, 3.05) is 72.0 Å². The van der Waals surface area contributed by atoms with Gasteiger partial charge in [-0.1, -0.05) is 50.5 Å². The second-order valence-corrected chi connectivity index (χ2v) is 32.8. The number of fused-ring (bicyclic) bond motifs is 12. The van der Waals surface area contributed by atoms with Crippen LogP contribution in [-0.2, 0) is 35.1 Å². The average Bonchev–Trinajstić information content (AvgIpc) is 2.20. The fourth-order valence-electron chi connectivity index (χ4n) is 14.4. The Bertz CT molecular complexity index is 3790. The molecule has 79 heavy (non-hydrogen) atoms. The fraction of sp³-hybridized carbons (Fsp3) is 0.323. The first-order valence-electron chi connectivity index (χ1n) is 27.6. The minimum Gasteiger partial charge on any atom is -0.478 e. The molecule has 5 saturated heterocycles. The number of hydroxylamine groups is 2. The van der Waals surface area contributed by atoms with Crippen molar-refractivity contribution < 1.29 is 48.2 Å². The summed E-state index contributed by atoms with van der Waals surface area (Å²) < 4.78 is 13.3. The lowest BCUT2D eigenvalue weighted by atomic mass is 9.77. The third kappa shape index (κ3) is 6.62. The predicted octanol–water partition coefficient (Wildman–Crippen LogP) is 5.80.